The van der Waals surface area contributed by atoms with Crippen LogP contribution in [0.25, 0.3) is 0 Å². The van der Waals surface area contributed by atoms with Crippen LogP contribution in [0.3, 0.4) is 0 Å². The first-order valence-corrected chi connectivity index (χ1v) is 5.52. The number of aliphatic hydroxyl groups excluding tert-OH is 1. The zero-order valence-corrected chi connectivity index (χ0v) is 9.68. The molecule has 0 atom stereocenters. The van der Waals surface area contributed by atoms with Gasteiger partial charge in [-0.1, -0.05) is 42.0 Å². The highest BCUT2D eigenvalue weighted by molar-refractivity contribution is 6.09. The van der Waals surface area contributed by atoms with Gasteiger partial charge >= 0.3 is 0 Å². The maximum atomic E-state index is 12.2. The second-order valence-corrected chi connectivity index (χ2v) is 4.06. The second kappa shape index (κ2) is 4.93. The molecule has 0 heterocycles. The molecular weight excluding hydrogens is 212 g/mol. The van der Waals surface area contributed by atoms with Gasteiger partial charge in [-0.2, -0.15) is 0 Å². The van der Waals surface area contributed by atoms with Crippen LogP contribution in [0.15, 0.2) is 48.5 Å². The first-order valence-electron chi connectivity index (χ1n) is 5.52. The zero-order valence-electron chi connectivity index (χ0n) is 9.68. The molecule has 0 bridgehead atoms. The van der Waals surface area contributed by atoms with Crippen LogP contribution < -0.4 is 0 Å². The summed E-state index contributed by atoms with van der Waals surface area (Å²) in [6, 6.07) is 14.6. The standard InChI is InChI=1S/C15H14O2/c1-11-4-2-6-13(8-11)15(17)14-7-3-5-12(9-14)10-16/h2-9,16H,10H2,1H3. The molecule has 0 aliphatic rings. The Hall–Kier alpha value is -1.93. The Bertz CT molecular complexity index is 544. The first kappa shape index (κ1) is 11.6. The minimum Gasteiger partial charge on any atom is -0.392 e. The van der Waals surface area contributed by atoms with Crippen LogP contribution in [0, 0.1) is 6.92 Å². The highest BCUT2D eigenvalue weighted by atomic mass is 16.3. The van der Waals surface area contributed by atoms with Crippen molar-refractivity contribution >= 4 is 5.78 Å². The SMILES string of the molecule is Cc1cccc(C(=O)c2cccc(CO)c2)c1. The number of benzene rings is 2. The molecule has 0 unspecified atom stereocenters. The lowest BCUT2D eigenvalue weighted by Crippen LogP contribution is -2.02. The quantitative estimate of drug-likeness (QED) is 0.817. The lowest BCUT2D eigenvalue weighted by molar-refractivity contribution is 0.103. The smallest absolute Gasteiger partial charge is 0.193 e. The molecular formula is C15H14O2. The predicted molar refractivity (Wildman–Crippen MR) is 67.0 cm³/mol. The Morgan fingerprint density at radius 3 is 2.35 bits per heavy atom. The van der Waals surface area contributed by atoms with Crippen molar-refractivity contribution in [2.24, 2.45) is 0 Å². The summed E-state index contributed by atoms with van der Waals surface area (Å²) in [6.07, 6.45) is 0. The molecule has 1 N–H and O–H groups in total. The Morgan fingerprint density at radius 1 is 1.06 bits per heavy atom. The Labute approximate surface area is 101 Å². The van der Waals surface area contributed by atoms with Gasteiger partial charge in [0, 0.05) is 11.1 Å². The molecule has 2 heteroatoms. The highest BCUT2D eigenvalue weighted by Crippen LogP contribution is 2.13. The summed E-state index contributed by atoms with van der Waals surface area (Å²) in [6.45, 7) is 1.91. The third-order valence-corrected chi connectivity index (χ3v) is 2.65. The van der Waals surface area contributed by atoms with Crippen LogP contribution in [0.5, 0.6) is 0 Å². The van der Waals surface area contributed by atoms with Gasteiger partial charge in [0.1, 0.15) is 0 Å². The minimum absolute atomic E-state index is 0.0102. The minimum atomic E-state index is -0.0467. The fourth-order valence-corrected chi connectivity index (χ4v) is 1.76. The van der Waals surface area contributed by atoms with E-state index in [2.05, 4.69) is 0 Å². The molecule has 2 rings (SSSR count). The largest absolute Gasteiger partial charge is 0.392 e. The fraction of sp³-hybridized carbons (Fsp3) is 0.133. The number of hydrogen-bond acceptors (Lipinski definition) is 2. The maximum absolute atomic E-state index is 12.2. The molecule has 2 aromatic rings. The molecule has 2 nitrogen and oxygen atoms in total. The van der Waals surface area contributed by atoms with Gasteiger partial charge in [0.15, 0.2) is 5.78 Å². The summed E-state index contributed by atoms with van der Waals surface area (Å²) in [4.78, 5) is 12.2. The van der Waals surface area contributed by atoms with E-state index < -0.39 is 0 Å². The van der Waals surface area contributed by atoms with Crippen LogP contribution in [0.4, 0.5) is 0 Å². The van der Waals surface area contributed by atoms with E-state index in [9.17, 15) is 4.79 Å². The average molecular weight is 226 g/mol. The number of ketones is 1. The lowest BCUT2D eigenvalue weighted by atomic mass is 10.0. The van der Waals surface area contributed by atoms with Crippen molar-refractivity contribution in [3.05, 3.63) is 70.8 Å². The number of carbonyl (C=O) groups is 1. The van der Waals surface area contributed by atoms with Crippen molar-refractivity contribution in [2.45, 2.75) is 13.5 Å². The van der Waals surface area contributed by atoms with Crippen molar-refractivity contribution < 1.29 is 9.90 Å². The second-order valence-electron chi connectivity index (χ2n) is 4.06. The van der Waals surface area contributed by atoms with Gasteiger partial charge in [-0.15, -0.1) is 0 Å². The monoisotopic (exact) mass is 226 g/mol. The summed E-state index contributed by atoms with van der Waals surface area (Å²) in [7, 11) is 0. The van der Waals surface area contributed by atoms with E-state index in [0.29, 0.717) is 11.1 Å². The van der Waals surface area contributed by atoms with Gasteiger partial charge < -0.3 is 5.11 Å². The molecule has 0 aliphatic carbocycles. The summed E-state index contributed by atoms with van der Waals surface area (Å²) >= 11 is 0. The van der Waals surface area contributed by atoms with Gasteiger partial charge in [-0.05, 0) is 24.6 Å². The Balaban J connectivity index is 2.36. The molecule has 86 valence electrons. The molecule has 0 saturated heterocycles. The molecule has 0 fully saturated rings. The first-order chi connectivity index (χ1) is 8.20. The van der Waals surface area contributed by atoms with Crippen molar-refractivity contribution in [2.75, 3.05) is 0 Å². The molecule has 2 aromatic carbocycles. The molecule has 0 radical (unpaired) electrons. The van der Waals surface area contributed by atoms with E-state index in [0.717, 1.165) is 11.1 Å². The molecule has 0 aliphatic heterocycles. The van der Waals surface area contributed by atoms with E-state index in [1.807, 2.05) is 25.1 Å². The Morgan fingerprint density at radius 2 is 1.71 bits per heavy atom. The predicted octanol–water partition coefficient (Wildman–Crippen LogP) is 2.72. The van der Waals surface area contributed by atoms with E-state index in [1.165, 1.54) is 0 Å². The third-order valence-electron chi connectivity index (χ3n) is 2.65. The summed E-state index contributed by atoms with van der Waals surface area (Å²) in [5, 5.41) is 9.05. The van der Waals surface area contributed by atoms with Gasteiger partial charge in [0.05, 0.1) is 6.61 Å². The third kappa shape index (κ3) is 2.60. The van der Waals surface area contributed by atoms with E-state index in [4.69, 9.17) is 5.11 Å². The van der Waals surface area contributed by atoms with E-state index >= 15 is 0 Å². The van der Waals surface area contributed by atoms with Crippen LogP contribution >= 0.6 is 0 Å². The van der Waals surface area contributed by atoms with Gasteiger partial charge in [-0.25, -0.2) is 0 Å². The van der Waals surface area contributed by atoms with Gasteiger partial charge in [-0.3, -0.25) is 4.79 Å². The van der Waals surface area contributed by atoms with E-state index in [1.54, 1.807) is 30.3 Å². The number of aliphatic hydroxyl groups is 1. The van der Waals surface area contributed by atoms with Crippen molar-refractivity contribution in [1.29, 1.82) is 0 Å². The average Bonchev–Trinajstić information content (AvgIpc) is 2.38. The fourth-order valence-electron chi connectivity index (χ4n) is 1.76. The van der Waals surface area contributed by atoms with Gasteiger partial charge in [0.2, 0.25) is 0 Å². The highest BCUT2D eigenvalue weighted by Gasteiger charge is 2.09. The number of aryl methyl sites for hydroxylation is 1. The van der Waals surface area contributed by atoms with Crippen molar-refractivity contribution in [3.63, 3.8) is 0 Å². The van der Waals surface area contributed by atoms with Crippen molar-refractivity contribution in [1.82, 2.24) is 0 Å². The van der Waals surface area contributed by atoms with Crippen LogP contribution in [0.1, 0.15) is 27.0 Å². The molecule has 0 amide bonds. The number of rotatable bonds is 3. The number of carbonyl (C=O) groups excluding carboxylic acids is 1. The topological polar surface area (TPSA) is 37.3 Å². The molecule has 0 saturated carbocycles. The maximum Gasteiger partial charge on any atom is 0.193 e. The normalized spacial score (nSPS) is 10.2. The molecule has 0 aromatic heterocycles. The summed E-state index contributed by atoms with van der Waals surface area (Å²) < 4.78 is 0. The number of hydrogen-bond donors (Lipinski definition) is 1. The lowest BCUT2D eigenvalue weighted by Gasteiger charge is -2.04. The van der Waals surface area contributed by atoms with E-state index in [-0.39, 0.29) is 12.4 Å². The zero-order chi connectivity index (χ0) is 12.3. The Kier molecular flexibility index (Phi) is 3.35. The van der Waals surface area contributed by atoms with Crippen LogP contribution in [-0.2, 0) is 6.61 Å². The summed E-state index contributed by atoms with van der Waals surface area (Å²) in [5.41, 5.74) is 3.11. The molecule has 0 spiro atoms. The van der Waals surface area contributed by atoms with Crippen LogP contribution in [0.2, 0.25) is 0 Å². The van der Waals surface area contributed by atoms with Gasteiger partial charge in [0.25, 0.3) is 0 Å². The molecule has 17 heavy (non-hydrogen) atoms. The van der Waals surface area contributed by atoms with Crippen molar-refractivity contribution in [3.8, 4) is 0 Å². The van der Waals surface area contributed by atoms with Crippen LogP contribution in [-0.4, -0.2) is 10.9 Å². The summed E-state index contributed by atoms with van der Waals surface area (Å²) in [5.74, 6) is -0.0102.